The molecule has 0 saturated carbocycles. The molecule has 0 aliphatic carbocycles. The molecule has 188 valence electrons. The summed E-state index contributed by atoms with van der Waals surface area (Å²) >= 11 is 0. The fourth-order valence-electron chi connectivity index (χ4n) is 3.53. The molecule has 1 saturated heterocycles. The average Bonchev–Trinajstić information content (AvgIpc) is 3.30. The van der Waals surface area contributed by atoms with Crippen molar-refractivity contribution < 1.29 is 34.2 Å². The van der Waals surface area contributed by atoms with E-state index in [4.69, 9.17) is 5.73 Å². The summed E-state index contributed by atoms with van der Waals surface area (Å²) in [6.45, 7) is 4.57. The Kier molecular flexibility index (Phi) is 12.4. The first-order valence-corrected chi connectivity index (χ1v) is 11.4. The Morgan fingerprint density at radius 2 is 1.73 bits per heavy atom. The van der Waals surface area contributed by atoms with Crippen molar-refractivity contribution in [1.82, 2.24) is 21.3 Å². The lowest BCUT2D eigenvalue weighted by Crippen LogP contribution is -2.59. The highest BCUT2D eigenvalue weighted by atomic mass is 16.4. The van der Waals surface area contributed by atoms with Crippen molar-refractivity contribution in [1.29, 1.82) is 0 Å². The van der Waals surface area contributed by atoms with Crippen LogP contribution in [-0.4, -0.2) is 77.1 Å². The number of hydrogen-bond donors (Lipinski definition) is 7. The lowest BCUT2D eigenvalue weighted by molar-refractivity contribution is -0.143. The first-order chi connectivity index (χ1) is 15.6. The average molecular weight is 472 g/mol. The van der Waals surface area contributed by atoms with Gasteiger partial charge in [-0.1, -0.05) is 20.3 Å². The van der Waals surface area contributed by atoms with Crippen LogP contribution in [0.4, 0.5) is 0 Å². The number of carbonyl (C=O) groups excluding carboxylic acids is 3. The van der Waals surface area contributed by atoms with E-state index in [1.54, 1.807) is 13.8 Å². The maximum atomic E-state index is 12.9. The molecule has 0 aromatic carbocycles. The summed E-state index contributed by atoms with van der Waals surface area (Å²) in [6, 6.07) is -4.13. The van der Waals surface area contributed by atoms with Crippen molar-refractivity contribution in [2.45, 2.75) is 83.0 Å². The lowest BCUT2D eigenvalue weighted by Gasteiger charge is -2.27. The minimum absolute atomic E-state index is 0.186. The van der Waals surface area contributed by atoms with E-state index in [1.165, 1.54) is 0 Å². The Hall–Kier alpha value is -2.73. The Bertz CT molecular complexity index is 696. The number of unbranched alkanes of at least 4 members (excludes halogenated alkanes) is 1. The number of hydrogen-bond acceptors (Lipinski definition) is 7. The number of carboxylic acids is 2. The molecule has 0 bridgehead atoms. The first kappa shape index (κ1) is 28.3. The van der Waals surface area contributed by atoms with Crippen LogP contribution in [0.2, 0.25) is 0 Å². The van der Waals surface area contributed by atoms with Gasteiger partial charge in [-0.15, -0.1) is 0 Å². The van der Waals surface area contributed by atoms with Crippen LogP contribution in [-0.2, 0) is 24.0 Å². The molecule has 5 atom stereocenters. The third-order valence-corrected chi connectivity index (χ3v) is 5.74. The minimum atomic E-state index is -1.38. The second kappa shape index (κ2) is 14.4. The molecule has 3 amide bonds. The molecule has 0 spiro atoms. The number of rotatable bonds is 15. The van der Waals surface area contributed by atoms with Gasteiger partial charge in [0.2, 0.25) is 17.7 Å². The van der Waals surface area contributed by atoms with Gasteiger partial charge in [0.05, 0.1) is 12.5 Å². The van der Waals surface area contributed by atoms with Gasteiger partial charge in [0.1, 0.15) is 18.1 Å². The van der Waals surface area contributed by atoms with Crippen LogP contribution in [0.15, 0.2) is 0 Å². The van der Waals surface area contributed by atoms with Crippen LogP contribution in [0.25, 0.3) is 0 Å². The Morgan fingerprint density at radius 3 is 2.24 bits per heavy atom. The highest BCUT2D eigenvalue weighted by Gasteiger charge is 2.34. The van der Waals surface area contributed by atoms with Crippen LogP contribution in [0, 0.1) is 5.92 Å². The fraction of sp³-hybridized carbons (Fsp3) is 0.762. The molecule has 12 heteroatoms. The van der Waals surface area contributed by atoms with E-state index >= 15 is 0 Å². The molecule has 1 fully saturated rings. The van der Waals surface area contributed by atoms with E-state index in [-0.39, 0.29) is 12.3 Å². The summed E-state index contributed by atoms with van der Waals surface area (Å²) in [5.41, 5.74) is 5.43. The summed E-state index contributed by atoms with van der Waals surface area (Å²) in [4.78, 5) is 61.0. The van der Waals surface area contributed by atoms with Crippen molar-refractivity contribution in [3.05, 3.63) is 0 Å². The second-order valence-corrected chi connectivity index (χ2v) is 8.36. The van der Waals surface area contributed by atoms with E-state index in [1.807, 2.05) is 0 Å². The second-order valence-electron chi connectivity index (χ2n) is 8.36. The molecular weight excluding hydrogens is 434 g/mol. The van der Waals surface area contributed by atoms with Crippen molar-refractivity contribution in [2.75, 3.05) is 13.1 Å². The van der Waals surface area contributed by atoms with Crippen LogP contribution in [0.5, 0.6) is 0 Å². The molecule has 12 nitrogen and oxygen atoms in total. The third-order valence-electron chi connectivity index (χ3n) is 5.74. The number of carbonyl (C=O) groups is 5. The molecule has 1 rings (SSSR count). The third kappa shape index (κ3) is 9.74. The largest absolute Gasteiger partial charge is 0.481 e. The lowest BCUT2D eigenvalue weighted by atomic mass is 9.97. The smallest absolute Gasteiger partial charge is 0.326 e. The van der Waals surface area contributed by atoms with E-state index in [0.29, 0.717) is 38.8 Å². The van der Waals surface area contributed by atoms with E-state index < -0.39 is 60.2 Å². The van der Waals surface area contributed by atoms with Gasteiger partial charge in [0, 0.05) is 0 Å². The molecule has 8 N–H and O–H groups in total. The fourth-order valence-corrected chi connectivity index (χ4v) is 3.53. The first-order valence-electron chi connectivity index (χ1n) is 11.4. The van der Waals surface area contributed by atoms with Crippen molar-refractivity contribution in [3.8, 4) is 0 Å². The van der Waals surface area contributed by atoms with E-state index in [2.05, 4.69) is 21.3 Å². The summed E-state index contributed by atoms with van der Waals surface area (Å²) in [5, 5.41) is 29.0. The Labute approximate surface area is 193 Å². The van der Waals surface area contributed by atoms with E-state index in [0.717, 1.165) is 6.42 Å². The SMILES string of the molecule is CCC(C)C(NC(=O)C(CC(=O)O)NC(=O)C1CCCN1)C(=O)NC(CCCCN)C(=O)O. The van der Waals surface area contributed by atoms with Gasteiger partial charge < -0.3 is 37.2 Å². The Morgan fingerprint density at radius 1 is 1.03 bits per heavy atom. The maximum Gasteiger partial charge on any atom is 0.326 e. The molecule has 0 radical (unpaired) electrons. The molecular formula is C21H37N5O7. The van der Waals surface area contributed by atoms with Gasteiger partial charge >= 0.3 is 11.9 Å². The highest BCUT2D eigenvalue weighted by Crippen LogP contribution is 2.11. The zero-order valence-electron chi connectivity index (χ0n) is 19.3. The molecule has 0 aromatic heterocycles. The highest BCUT2D eigenvalue weighted by molar-refractivity contribution is 5.95. The number of nitrogens with one attached hydrogen (secondary N) is 4. The predicted molar refractivity (Wildman–Crippen MR) is 119 cm³/mol. The van der Waals surface area contributed by atoms with Gasteiger partial charge in [0.15, 0.2) is 0 Å². The number of aliphatic carboxylic acids is 2. The zero-order valence-corrected chi connectivity index (χ0v) is 19.3. The van der Waals surface area contributed by atoms with Crippen LogP contribution in [0.1, 0.15) is 58.8 Å². The normalized spacial score (nSPS) is 19.1. The van der Waals surface area contributed by atoms with Crippen LogP contribution >= 0.6 is 0 Å². The standard InChI is InChI=1S/C21H37N5O7/c1-3-12(2)17(20(31)24-14(21(32)33)7-4-5-9-22)26-19(30)15(11-16(27)28)25-18(29)13-8-6-10-23-13/h12-15,17,23H,3-11,22H2,1-2H3,(H,24,31)(H,25,29)(H,26,30)(H,27,28)(H,32,33). The van der Waals surface area contributed by atoms with E-state index in [9.17, 15) is 34.2 Å². The van der Waals surface area contributed by atoms with Gasteiger partial charge in [0.25, 0.3) is 0 Å². The van der Waals surface area contributed by atoms with Gasteiger partial charge in [-0.2, -0.15) is 0 Å². The Balaban J connectivity index is 2.91. The summed E-state index contributed by atoms with van der Waals surface area (Å²) in [5.74, 6) is -4.84. The monoisotopic (exact) mass is 471 g/mol. The summed E-state index contributed by atoms with van der Waals surface area (Å²) in [7, 11) is 0. The van der Waals surface area contributed by atoms with Crippen molar-refractivity contribution in [2.24, 2.45) is 11.7 Å². The molecule has 5 unspecified atom stereocenters. The van der Waals surface area contributed by atoms with Gasteiger partial charge in [-0.25, -0.2) is 4.79 Å². The quantitative estimate of drug-likeness (QED) is 0.145. The number of carboxylic acid groups (broad SMARTS) is 2. The number of nitrogens with two attached hydrogens (primary N) is 1. The molecule has 1 heterocycles. The van der Waals surface area contributed by atoms with Crippen molar-refractivity contribution in [3.63, 3.8) is 0 Å². The molecule has 33 heavy (non-hydrogen) atoms. The zero-order chi connectivity index (χ0) is 25.0. The molecule has 1 aliphatic heterocycles. The number of amides is 3. The van der Waals surface area contributed by atoms with Crippen LogP contribution in [0.3, 0.4) is 0 Å². The molecule has 1 aliphatic rings. The predicted octanol–water partition coefficient (Wildman–Crippen LogP) is -1.07. The van der Waals surface area contributed by atoms with Gasteiger partial charge in [-0.05, 0) is 51.1 Å². The maximum absolute atomic E-state index is 12.9. The summed E-state index contributed by atoms with van der Waals surface area (Å²) < 4.78 is 0. The summed E-state index contributed by atoms with van der Waals surface area (Å²) in [6.07, 6.45) is 2.51. The topological polar surface area (TPSA) is 200 Å². The van der Waals surface area contributed by atoms with Crippen molar-refractivity contribution >= 4 is 29.7 Å². The molecule has 0 aromatic rings. The minimum Gasteiger partial charge on any atom is -0.481 e. The van der Waals surface area contributed by atoms with Gasteiger partial charge in [-0.3, -0.25) is 19.2 Å². The van der Waals surface area contributed by atoms with Crippen LogP contribution < -0.4 is 27.0 Å².